The van der Waals surface area contributed by atoms with E-state index in [1.54, 1.807) is 12.1 Å². The predicted molar refractivity (Wildman–Crippen MR) is 80.6 cm³/mol. The van der Waals surface area contributed by atoms with Gasteiger partial charge in [-0.1, -0.05) is 29.8 Å². The minimum atomic E-state index is -0.0327. The van der Waals surface area contributed by atoms with E-state index in [4.69, 9.17) is 16.9 Å². The molecule has 4 heteroatoms. The van der Waals surface area contributed by atoms with Crippen LogP contribution in [0.15, 0.2) is 42.5 Å². The first kappa shape index (κ1) is 14.4. The van der Waals surface area contributed by atoms with Crippen molar-refractivity contribution in [3.05, 3.63) is 64.2 Å². The van der Waals surface area contributed by atoms with Crippen LogP contribution in [0.3, 0.4) is 0 Å². The van der Waals surface area contributed by atoms with Crippen molar-refractivity contribution in [1.82, 2.24) is 0 Å². The number of aliphatic hydroxyl groups excluding tert-OH is 1. The molecular formula is C16H15ClN2O. The molecule has 0 aromatic heterocycles. The maximum atomic E-state index is 9.39. The minimum absolute atomic E-state index is 0.0327. The number of nitriles is 1. The summed E-state index contributed by atoms with van der Waals surface area (Å²) in [4.78, 5) is 2.01. The fourth-order valence-corrected chi connectivity index (χ4v) is 2.29. The Kier molecular flexibility index (Phi) is 4.62. The summed E-state index contributed by atoms with van der Waals surface area (Å²) in [7, 11) is 1.93. The first-order valence-electron chi connectivity index (χ1n) is 6.23. The molecule has 3 nitrogen and oxygen atoms in total. The highest BCUT2D eigenvalue weighted by atomic mass is 35.5. The summed E-state index contributed by atoms with van der Waals surface area (Å²) in [6, 6.07) is 15.0. The lowest BCUT2D eigenvalue weighted by Crippen LogP contribution is -2.18. The van der Waals surface area contributed by atoms with E-state index in [-0.39, 0.29) is 6.61 Å². The average molecular weight is 287 g/mol. The molecule has 1 N–H and O–H groups in total. The highest BCUT2D eigenvalue weighted by Gasteiger charge is 2.09. The van der Waals surface area contributed by atoms with E-state index in [9.17, 15) is 5.11 Å². The summed E-state index contributed by atoms with van der Waals surface area (Å²) in [5.41, 5.74) is 3.40. The number of aliphatic hydroxyl groups is 1. The Morgan fingerprint density at radius 3 is 2.75 bits per heavy atom. The third-order valence-corrected chi connectivity index (χ3v) is 3.34. The van der Waals surface area contributed by atoms with E-state index in [1.165, 1.54) is 0 Å². The van der Waals surface area contributed by atoms with Crippen LogP contribution in [0.25, 0.3) is 0 Å². The van der Waals surface area contributed by atoms with Crippen LogP contribution in [0.4, 0.5) is 5.69 Å². The number of hydrogen-bond acceptors (Lipinski definition) is 3. The van der Waals surface area contributed by atoms with Crippen molar-refractivity contribution in [1.29, 1.82) is 5.26 Å². The van der Waals surface area contributed by atoms with Crippen molar-refractivity contribution >= 4 is 17.3 Å². The first-order valence-corrected chi connectivity index (χ1v) is 6.61. The second-order valence-corrected chi connectivity index (χ2v) is 5.04. The normalized spacial score (nSPS) is 10.1. The van der Waals surface area contributed by atoms with Crippen molar-refractivity contribution in [2.24, 2.45) is 0 Å². The Morgan fingerprint density at radius 2 is 2.05 bits per heavy atom. The largest absolute Gasteiger partial charge is 0.392 e. The van der Waals surface area contributed by atoms with Gasteiger partial charge in [0.25, 0.3) is 0 Å². The standard InChI is InChI=1S/C16H15ClN2O/c1-19(10-13-4-2-3-12(7-13)9-18)16-8-15(17)6-5-14(16)11-20/h2-8,20H,10-11H2,1H3. The average Bonchev–Trinajstić information content (AvgIpc) is 2.47. The van der Waals surface area contributed by atoms with E-state index in [0.29, 0.717) is 17.1 Å². The van der Waals surface area contributed by atoms with Gasteiger partial charge in [-0.05, 0) is 29.8 Å². The molecule has 0 aliphatic rings. The van der Waals surface area contributed by atoms with Crippen LogP contribution in [-0.4, -0.2) is 12.2 Å². The zero-order chi connectivity index (χ0) is 14.5. The summed E-state index contributed by atoms with van der Waals surface area (Å²) in [5.74, 6) is 0. The summed E-state index contributed by atoms with van der Waals surface area (Å²) in [6.45, 7) is 0.609. The Bertz CT molecular complexity index is 649. The highest BCUT2D eigenvalue weighted by Crippen LogP contribution is 2.25. The molecule has 0 aliphatic heterocycles. The van der Waals surface area contributed by atoms with Gasteiger partial charge in [-0.2, -0.15) is 5.26 Å². The smallest absolute Gasteiger partial charge is 0.0991 e. The molecule has 0 aliphatic carbocycles. The fourth-order valence-electron chi connectivity index (χ4n) is 2.12. The molecule has 0 saturated heterocycles. The predicted octanol–water partition coefficient (Wildman–Crippen LogP) is 3.34. The topological polar surface area (TPSA) is 47.3 Å². The molecule has 0 amide bonds. The molecule has 2 aromatic rings. The number of benzene rings is 2. The maximum Gasteiger partial charge on any atom is 0.0991 e. The van der Waals surface area contributed by atoms with Gasteiger partial charge in [-0.15, -0.1) is 0 Å². The SMILES string of the molecule is CN(Cc1cccc(C#N)c1)c1cc(Cl)ccc1CO. The van der Waals surface area contributed by atoms with Crippen molar-refractivity contribution in [2.45, 2.75) is 13.2 Å². The monoisotopic (exact) mass is 286 g/mol. The van der Waals surface area contributed by atoms with Gasteiger partial charge < -0.3 is 10.0 Å². The Hall–Kier alpha value is -2.02. The lowest BCUT2D eigenvalue weighted by molar-refractivity contribution is 0.282. The molecule has 0 atom stereocenters. The van der Waals surface area contributed by atoms with Crippen molar-refractivity contribution in [3.63, 3.8) is 0 Å². The molecule has 2 rings (SSSR count). The number of anilines is 1. The molecule has 0 fully saturated rings. The number of rotatable bonds is 4. The third kappa shape index (κ3) is 3.30. The highest BCUT2D eigenvalue weighted by molar-refractivity contribution is 6.30. The van der Waals surface area contributed by atoms with Crippen LogP contribution in [0.2, 0.25) is 5.02 Å². The Morgan fingerprint density at radius 1 is 1.25 bits per heavy atom. The zero-order valence-corrected chi connectivity index (χ0v) is 11.9. The molecule has 0 bridgehead atoms. The molecule has 2 aromatic carbocycles. The van der Waals surface area contributed by atoms with E-state index < -0.39 is 0 Å². The molecule has 0 saturated carbocycles. The van der Waals surface area contributed by atoms with Crippen LogP contribution in [0.1, 0.15) is 16.7 Å². The van der Waals surface area contributed by atoms with Crippen LogP contribution in [-0.2, 0) is 13.2 Å². The molecular weight excluding hydrogens is 272 g/mol. The molecule has 0 spiro atoms. The molecule has 102 valence electrons. The molecule has 0 unspecified atom stereocenters. The zero-order valence-electron chi connectivity index (χ0n) is 11.2. The molecule has 20 heavy (non-hydrogen) atoms. The van der Waals surface area contributed by atoms with Crippen LogP contribution in [0, 0.1) is 11.3 Å². The number of nitrogens with zero attached hydrogens (tertiary/aromatic N) is 2. The van der Waals surface area contributed by atoms with E-state index in [2.05, 4.69) is 6.07 Å². The van der Waals surface area contributed by atoms with Crippen molar-refractivity contribution in [3.8, 4) is 6.07 Å². The number of hydrogen-bond donors (Lipinski definition) is 1. The summed E-state index contributed by atoms with van der Waals surface area (Å²) in [5, 5.41) is 18.9. The van der Waals surface area contributed by atoms with E-state index in [0.717, 1.165) is 16.8 Å². The van der Waals surface area contributed by atoms with Crippen LogP contribution < -0.4 is 4.90 Å². The second-order valence-electron chi connectivity index (χ2n) is 4.60. The first-order chi connectivity index (χ1) is 9.63. The van der Waals surface area contributed by atoms with Crippen LogP contribution in [0.5, 0.6) is 0 Å². The van der Waals surface area contributed by atoms with Crippen molar-refractivity contribution < 1.29 is 5.11 Å². The van der Waals surface area contributed by atoms with Gasteiger partial charge in [0.15, 0.2) is 0 Å². The second kappa shape index (κ2) is 6.42. The third-order valence-electron chi connectivity index (χ3n) is 3.10. The number of halogens is 1. The van der Waals surface area contributed by atoms with E-state index >= 15 is 0 Å². The van der Waals surface area contributed by atoms with Gasteiger partial charge in [0, 0.05) is 29.9 Å². The van der Waals surface area contributed by atoms with Crippen LogP contribution >= 0.6 is 11.6 Å². The fraction of sp³-hybridized carbons (Fsp3) is 0.188. The maximum absolute atomic E-state index is 9.39. The van der Waals surface area contributed by atoms with Gasteiger partial charge in [0.1, 0.15) is 0 Å². The summed E-state index contributed by atoms with van der Waals surface area (Å²) < 4.78 is 0. The Balaban J connectivity index is 2.25. The van der Waals surface area contributed by atoms with Crippen molar-refractivity contribution in [2.75, 3.05) is 11.9 Å². The quantitative estimate of drug-likeness (QED) is 0.938. The van der Waals surface area contributed by atoms with Gasteiger partial charge in [0.05, 0.1) is 18.2 Å². The lowest BCUT2D eigenvalue weighted by atomic mass is 10.1. The Labute approximate surface area is 123 Å². The van der Waals surface area contributed by atoms with Gasteiger partial charge in [0.2, 0.25) is 0 Å². The minimum Gasteiger partial charge on any atom is -0.392 e. The summed E-state index contributed by atoms with van der Waals surface area (Å²) >= 11 is 6.02. The molecule has 0 heterocycles. The van der Waals surface area contributed by atoms with Gasteiger partial charge >= 0.3 is 0 Å². The van der Waals surface area contributed by atoms with Gasteiger partial charge in [-0.25, -0.2) is 0 Å². The lowest BCUT2D eigenvalue weighted by Gasteiger charge is -2.22. The summed E-state index contributed by atoms with van der Waals surface area (Å²) in [6.07, 6.45) is 0. The molecule has 0 radical (unpaired) electrons. The van der Waals surface area contributed by atoms with E-state index in [1.807, 2.05) is 42.3 Å². The van der Waals surface area contributed by atoms with Gasteiger partial charge in [-0.3, -0.25) is 0 Å².